The van der Waals surface area contributed by atoms with Crippen LogP contribution in [0, 0.1) is 5.92 Å². The molecule has 1 heterocycles. The minimum atomic E-state index is 0.299. The third kappa shape index (κ3) is 3.52. The van der Waals surface area contributed by atoms with E-state index in [1.54, 1.807) is 7.11 Å². The van der Waals surface area contributed by atoms with Crippen molar-refractivity contribution in [3.8, 4) is 5.75 Å². The Kier molecular flexibility index (Phi) is 5.51. The van der Waals surface area contributed by atoms with Gasteiger partial charge in [0.05, 0.1) is 7.11 Å². The zero-order valence-electron chi connectivity index (χ0n) is 14.1. The molecule has 0 spiro atoms. The molecule has 0 aromatic heterocycles. The molecule has 0 aliphatic carbocycles. The highest BCUT2D eigenvalue weighted by atomic mass is 16.5. The molecule has 1 fully saturated rings. The molecular weight excluding hydrogens is 260 g/mol. The summed E-state index contributed by atoms with van der Waals surface area (Å²) in [6.45, 7) is 11.2. The van der Waals surface area contributed by atoms with Crippen molar-refractivity contribution in [2.45, 2.75) is 52.6 Å². The number of benzene rings is 1. The second kappa shape index (κ2) is 7.17. The summed E-state index contributed by atoms with van der Waals surface area (Å²) < 4.78 is 5.63. The van der Waals surface area contributed by atoms with Crippen LogP contribution < -0.4 is 15.0 Å². The maximum absolute atomic E-state index is 5.63. The average molecular weight is 290 g/mol. The summed E-state index contributed by atoms with van der Waals surface area (Å²) in [6, 6.07) is 7.32. The molecule has 0 bridgehead atoms. The first-order valence-electron chi connectivity index (χ1n) is 8.25. The summed E-state index contributed by atoms with van der Waals surface area (Å²) in [5.41, 5.74) is 2.63. The van der Waals surface area contributed by atoms with Crippen molar-refractivity contribution in [2.75, 3.05) is 25.1 Å². The maximum atomic E-state index is 5.63. The number of methoxy groups -OCH3 is 1. The second-order valence-electron chi connectivity index (χ2n) is 6.34. The van der Waals surface area contributed by atoms with Crippen LogP contribution in [0.5, 0.6) is 5.75 Å². The minimum absolute atomic E-state index is 0.299. The van der Waals surface area contributed by atoms with Crippen molar-refractivity contribution in [3.05, 3.63) is 23.8 Å². The summed E-state index contributed by atoms with van der Waals surface area (Å²) in [6.07, 6.45) is 2.54. The van der Waals surface area contributed by atoms with Crippen molar-refractivity contribution in [2.24, 2.45) is 5.92 Å². The van der Waals surface area contributed by atoms with Crippen LogP contribution in [0.15, 0.2) is 18.2 Å². The summed E-state index contributed by atoms with van der Waals surface area (Å²) in [5, 5.41) is 3.53. The number of hydrogen-bond acceptors (Lipinski definition) is 3. The van der Waals surface area contributed by atoms with Crippen molar-refractivity contribution < 1.29 is 4.74 Å². The van der Waals surface area contributed by atoms with Gasteiger partial charge in [-0.15, -0.1) is 0 Å². The van der Waals surface area contributed by atoms with Crippen molar-refractivity contribution >= 4 is 5.69 Å². The van der Waals surface area contributed by atoms with E-state index in [2.05, 4.69) is 56.1 Å². The fraction of sp³-hybridized carbons (Fsp3) is 0.667. The van der Waals surface area contributed by atoms with Crippen LogP contribution in [0.4, 0.5) is 5.69 Å². The second-order valence-corrected chi connectivity index (χ2v) is 6.34. The quantitative estimate of drug-likeness (QED) is 0.887. The predicted octanol–water partition coefficient (Wildman–Crippen LogP) is 3.99. The Balaban J connectivity index is 2.38. The highest BCUT2D eigenvalue weighted by molar-refractivity contribution is 5.61. The average Bonchev–Trinajstić information content (AvgIpc) is 2.46. The van der Waals surface area contributed by atoms with Crippen LogP contribution in [0.2, 0.25) is 0 Å². The molecule has 21 heavy (non-hydrogen) atoms. The summed E-state index contributed by atoms with van der Waals surface area (Å²) in [7, 11) is 1.77. The van der Waals surface area contributed by atoms with Crippen molar-refractivity contribution in [1.82, 2.24) is 5.32 Å². The largest absolute Gasteiger partial charge is 0.496 e. The molecule has 3 heteroatoms. The lowest BCUT2D eigenvalue weighted by Crippen LogP contribution is -2.41. The molecule has 3 unspecified atom stereocenters. The summed E-state index contributed by atoms with van der Waals surface area (Å²) in [5.74, 6) is 1.82. The molecule has 1 aromatic carbocycles. The van der Waals surface area contributed by atoms with Gasteiger partial charge in [0.15, 0.2) is 0 Å². The van der Waals surface area contributed by atoms with Crippen LogP contribution in [0.1, 0.15) is 52.1 Å². The van der Waals surface area contributed by atoms with E-state index in [-0.39, 0.29) is 0 Å². The van der Waals surface area contributed by atoms with E-state index in [1.165, 1.54) is 24.1 Å². The highest BCUT2D eigenvalue weighted by Gasteiger charge is 2.27. The molecule has 0 saturated carbocycles. The van der Waals surface area contributed by atoms with E-state index in [4.69, 9.17) is 4.74 Å². The Morgan fingerprint density at radius 3 is 2.76 bits per heavy atom. The van der Waals surface area contributed by atoms with E-state index < -0.39 is 0 Å². The lowest BCUT2D eigenvalue weighted by Gasteiger charge is -2.40. The topological polar surface area (TPSA) is 24.5 Å². The number of nitrogens with one attached hydrogen (secondary N) is 1. The smallest absolute Gasteiger partial charge is 0.125 e. The van der Waals surface area contributed by atoms with Gasteiger partial charge in [0.2, 0.25) is 0 Å². The van der Waals surface area contributed by atoms with E-state index in [0.29, 0.717) is 12.1 Å². The molecule has 118 valence electrons. The Morgan fingerprint density at radius 1 is 1.38 bits per heavy atom. The van der Waals surface area contributed by atoms with E-state index in [1.807, 2.05) is 0 Å². The molecule has 3 nitrogen and oxygen atoms in total. The lowest BCUT2D eigenvalue weighted by atomic mass is 9.91. The number of rotatable bonds is 5. The Hall–Kier alpha value is -1.22. The minimum Gasteiger partial charge on any atom is -0.496 e. The van der Waals surface area contributed by atoms with Gasteiger partial charge in [0.25, 0.3) is 0 Å². The molecule has 1 saturated heterocycles. The Morgan fingerprint density at radius 2 is 2.14 bits per heavy atom. The third-order valence-electron chi connectivity index (χ3n) is 4.65. The number of piperidine rings is 1. The van der Waals surface area contributed by atoms with Gasteiger partial charge >= 0.3 is 0 Å². The van der Waals surface area contributed by atoms with E-state index in [9.17, 15) is 0 Å². The van der Waals surface area contributed by atoms with Crippen molar-refractivity contribution in [3.63, 3.8) is 0 Å². The summed E-state index contributed by atoms with van der Waals surface area (Å²) in [4.78, 5) is 2.56. The van der Waals surface area contributed by atoms with Gasteiger partial charge < -0.3 is 15.0 Å². The maximum Gasteiger partial charge on any atom is 0.125 e. The van der Waals surface area contributed by atoms with E-state index >= 15 is 0 Å². The monoisotopic (exact) mass is 290 g/mol. The Labute approximate surface area is 129 Å². The van der Waals surface area contributed by atoms with Gasteiger partial charge in [0, 0.05) is 29.9 Å². The number of anilines is 1. The van der Waals surface area contributed by atoms with Gasteiger partial charge in [-0.25, -0.2) is 0 Å². The van der Waals surface area contributed by atoms with Gasteiger partial charge in [-0.05, 0) is 51.3 Å². The fourth-order valence-electron chi connectivity index (χ4n) is 3.57. The van der Waals surface area contributed by atoms with Crippen LogP contribution in [-0.2, 0) is 0 Å². The predicted molar refractivity (Wildman–Crippen MR) is 90.3 cm³/mol. The normalized spacial score (nSPS) is 24.0. The zero-order chi connectivity index (χ0) is 15.4. The van der Waals surface area contributed by atoms with Gasteiger partial charge in [-0.1, -0.05) is 19.9 Å². The molecular formula is C18H30N2O. The first-order valence-corrected chi connectivity index (χ1v) is 8.25. The molecule has 1 aliphatic heterocycles. The van der Waals surface area contributed by atoms with Gasteiger partial charge in [-0.2, -0.15) is 0 Å². The zero-order valence-corrected chi connectivity index (χ0v) is 14.1. The third-order valence-corrected chi connectivity index (χ3v) is 4.65. The van der Waals surface area contributed by atoms with Crippen LogP contribution in [0.3, 0.4) is 0 Å². The lowest BCUT2D eigenvalue weighted by molar-refractivity contribution is 0.373. The first-order chi connectivity index (χ1) is 10.1. The molecule has 3 atom stereocenters. The van der Waals surface area contributed by atoms with Crippen LogP contribution in [0.25, 0.3) is 0 Å². The highest BCUT2D eigenvalue weighted by Crippen LogP contribution is 2.38. The molecule has 1 aromatic rings. The Bertz CT molecular complexity index is 461. The molecule has 0 radical (unpaired) electrons. The van der Waals surface area contributed by atoms with Gasteiger partial charge in [0.1, 0.15) is 5.75 Å². The molecule has 1 N–H and O–H groups in total. The first kappa shape index (κ1) is 16.2. The molecule has 0 amide bonds. The fourth-order valence-corrected chi connectivity index (χ4v) is 3.57. The molecule has 2 rings (SSSR count). The van der Waals surface area contributed by atoms with E-state index in [0.717, 1.165) is 24.8 Å². The number of hydrogen-bond donors (Lipinski definition) is 1. The molecule has 1 aliphatic rings. The van der Waals surface area contributed by atoms with Gasteiger partial charge in [-0.3, -0.25) is 0 Å². The van der Waals surface area contributed by atoms with Crippen molar-refractivity contribution in [1.29, 1.82) is 0 Å². The summed E-state index contributed by atoms with van der Waals surface area (Å²) >= 11 is 0. The SMILES string of the molecule is CCNC(C)c1c(OC)cccc1N1CCC(C)CC1C. The standard InChI is InChI=1S/C18H30N2O/c1-6-19-15(4)18-16(8-7-9-17(18)21-5)20-11-10-13(2)12-14(20)3/h7-9,13-15,19H,6,10-12H2,1-5H3. The number of nitrogens with zero attached hydrogens (tertiary/aromatic N) is 1. The van der Waals surface area contributed by atoms with Crippen LogP contribution in [-0.4, -0.2) is 26.2 Å². The van der Waals surface area contributed by atoms with Crippen LogP contribution >= 0.6 is 0 Å². The number of ether oxygens (including phenoxy) is 1.